The van der Waals surface area contributed by atoms with Crippen molar-refractivity contribution in [1.29, 1.82) is 0 Å². The number of hydrogen-bond acceptors (Lipinski definition) is 5. The van der Waals surface area contributed by atoms with Crippen LogP contribution in [0, 0.1) is 0 Å². The Bertz CT molecular complexity index is 663. The minimum Gasteiger partial charge on any atom is -0.489 e. The maximum Gasteiger partial charge on any atom is 0.251 e. The molecule has 1 fully saturated rings. The van der Waals surface area contributed by atoms with Crippen molar-refractivity contribution in [2.75, 3.05) is 39.6 Å². The monoisotopic (exact) mass is 442 g/mol. The number of methoxy groups -OCH3 is 1. The van der Waals surface area contributed by atoms with Crippen molar-refractivity contribution < 1.29 is 14.3 Å². The van der Waals surface area contributed by atoms with Crippen molar-refractivity contribution in [3.8, 4) is 5.75 Å². The number of carbonyl (C=O) groups excluding carboxylic acids is 1. The van der Waals surface area contributed by atoms with Crippen molar-refractivity contribution in [2.45, 2.75) is 56.9 Å². The molecule has 0 saturated carbocycles. The quantitative estimate of drug-likeness (QED) is 0.541. The topological polar surface area (TPSA) is 50.8 Å². The third-order valence-corrected chi connectivity index (χ3v) is 7.09. The normalized spacial score (nSPS) is 17.2. The molecule has 7 heteroatoms. The number of rotatable bonds is 10. The van der Waals surface area contributed by atoms with Crippen molar-refractivity contribution >= 4 is 29.3 Å². The molecule has 1 aliphatic heterocycles. The fourth-order valence-electron chi connectivity index (χ4n) is 3.64. The first kappa shape index (κ1) is 24.3. The summed E-state index contributed by atoms with van der Waals surface area (Å²) >= 11 is 8.31. The van der Waals surface area contributed by atoms with Gasteiger partial charge >= 0.3 is 0 Å². The van der Waals surface area contributed by atoms with Gasteiger partial charge in [0.2, 0.25) is 0 Å². The van der Waals surface area contributed by atoms with E-state index >= 15 is 0 Å². The molecule has 1 heterocycles. The molecule has 1 aliphatic rings. The average molecular weight is 443 g/mol. The van der Waals surface area contributed by atoms with Gasteiger partial charge in [0.25, 0.3) is 5.91 Å². The Morgan fingerprint density at radius 1 is 1.38 bits per heavy atom. The van der Waals surface area contributed by atoms with Gasteiger partial charge in [-0.2, -0.15) is 11.8 Å². The molecule has 0 bridgehead atoms. The van der Waals surface area contributed by atoms with Gasteiger partial charge in [0.15, 0.2) is 0 Å². The summed E-state index contributed by atoms with van der Waals surface area (Å²) in [5.41, 5.74) is 0.526. The van der Waals surface area contributed by atoms with Gasteiger partial charge in [-0.15, -0.1) is 0 Å². The molecular weight excluding hydrogens is 408 g/mol. The molecule has 1 N–H and O–H groups in total. The van der Waals surface area contributed by atoms with Gasteiger partial charge in [-0.05, 0) is 50.6 Å². The van der Waals surface area contributed by atoms with E-state index in [1.807, 2.05) is 11.8 Å². The highest BCUT2D eigenvalue weighted by Gasteiger charge is 2.28. The Morgan fingerprint density at radius 3 is 2.66 bits per heavy atom. The van der Waals surface area contributed by atoms with Crippen LogP contribution in [0.3, 0.4) is 0 Å². The number of thioether (sulfide) groups is 1. The zero-order valence-corrected chi connectivity index (χ0v) is 19.9. The molecule has 0 spiro atoms. The lowest BCUT2D eigenvalue weighted by molar-refractivity contribution is 0.0754. The van der Waals surface area contributed by atoms with Crippen LogP contribution < -0.4 is 10.1 Å². The van der Waals surface area contributed by atoms with E-state index in [1.54, 1.807) is 25.3 Å². The number of halogens is 1. The lowest BCUT2D eigenvalue weighted by Gasteiger charge is -2.38. The van der Waals surface area contributed by atoms with Crippen molar-refractivity contribution in [1.82, 2.24) is 10.2 Å². The first-order valence-corrected chi connectivity index (χ1v) is 11.9. The largest absolute Gasteiger partial charge is 0.489 e. The van der Waals surface area contributed by atoms with Crippen LogP contribution in [0.15, 0.2) is 18.2 Å². The van der Waals surface area contributed by atoms with E-state index in [1.165, 1.54) is 6.42 Å². The Balaban J connectivity index is 1.85. The molecule has 0 aliphatic carbocycles. The predicted molar refractivity (Wildman–Crippen MR) is 123 cm³/mol. The molecule has 0 radical (unpaired) electrons. The highest BCUT2D eigenvalue weighted by molar-refractivity contribution is 7.99. The summed E-state index contributed by atoms with van der Waals surface area (Å²) in [5.74, 6) is 0.487. The standard InChI is InChI=1S/C22H35ClN2O3S/c1-16(15-22(2,3)29-5)25-11-8-18(9-12-25)28-20-7-6-17(14-19(20)23)21(26)24-10-13-27-4/h6-7,14,16,18H,8-13,15H2,1-5H3,(H,24,26). The molecule has 1 aromatic rings. The predicted octanol–water partition coefficient (Wildman–Crippen LogP) is 4.48. The Labute approximate surface area is 184 Å². The van der Waals surface area contributed by atoms with Crippen LogP contribution in [0.1, 0.15) is 50.4 Å². The summed E-state index contributed by atoms with van der Waals surface area (Å²) in [4.78, 5) is 14.7. The number of nitrogens with one attached hydrogen (secondary N) is 1. The SMILES string of the molecule is COCCNC(=O)c1ccc(OC2CCN(C(C)CC(C)(C)SC)CC2)c(Cl)c1. The number of likely N-dealkylation sites (tertiary alicyclic amines) is 1. The van der Waals surface area contributed by atoms with Gasteiger partial charge in [0.1, 0.15) is 11.9 Å². The lowest BCUT2D eigenvalue weighted by atomic mass is 9.99. The zero-order valence-electron chi connectivity index (χ0n) is 18.3. The van der Waals surface area contributed by atoms with E-state index in [-0.39, 0.29) is 12.0 Å². The van der Waals surface area contributed by atoms with Gasteiger partial charge in [0, 0.05) is 43.1 Å². The fourth-order valence-corrected chi connectivity index (χ4v) is 4.28. The Hall–Kier alpha value is -0.950. The molecule has 164 valence electrons. The van der Waals surface area contributed by atoms with Gasteiger partial charge in [0.05, 0.1) is 11.6 Å². The molecule has 1 aromatic carbocycles. The van der Waals surface area contributed by atoms with Crippen LogP contribution in [0.25, 0.3) is 0 Å². The number of hydrogen-bond donors (Lipinski definition) is 1. The second kappa shape index (κ2) is 11.4. The maximum atomic E-state index is 12.1. The van der Waals surface area contributed by atoms with E-state index in [0.717, 1.165) is 25.9 Å². The van der Waals surface area contributed by atoms with Gasteiger partial charge in [-0.3, -0.25) is 4.79 Å². The first-order chi connectivity index (χ1) is 13.8. The number of piperidine rings is 1. The van der Waals surface area contributed by atoms with Gasteiger partial charge in [-0.25, -0.2) is 0 Å². The first-order valence-electron chi connectivity index (χ1n) is 10.3. The van der Waals surface area contributed by atoms with Crippen LogP contribution >= 0.6 is 23.4 Å². The van der Waals surface area contributed by atoms with E-state index in [2.05, 4.69) is 37.2 Å². The van der Waals surface area contributed by atoms with E-state index in [9.17, 15) is 4.79 Å². The molecular formula is C22H35ClN2O3S. The minimum atomic E-state index is -0.161. The molecule has 1 atom stereocenters. The van der Waals surface area contributed by atoms with E-state index < -0.39 is 0 Å². The number of ether oxygens (including phenoxy) is 2. The fraction of sp³-hybridized carbons (Fsp3) is 0.682. The van der Waals surface area contributed by atoms with Crippen molar-refractivity contribution in [2.24, 2.45) is 0 Å². The highest BCUT2D eigenvalue weighted by atomic mass is 35.5. The summed E-state index contributed by atoms with van der Waals surface area (Å²) < 4.78 is 11.4. The van der Waals surface area contributed by atoms with Crippen LogP contribution in [0.4, 0.5) is 0 Å². The zero-order chi connectivity index (χ0) is 21.4. The van der Waals surface area contributed by atoms with Crippen LogP contribution in [0.2, 0.25) is 5.02 Å². The average Bonchev–Trinajstić information content (AvgIpc) is 2.69. The Kier molecular flexibility index (Phi) is 9.60. The lowest BCUT2D eigenvalue weighted by Crippen LogP contribution is -2.44. The number of benzene rings is 1. The number of amides is 1. The smallest absolute Gasteiger partial charge is 0.251 e. The number of nitrogens with zero attached hydrogens (tertiary/aromatic N) is 1. The van der Waals surface area contributed by atoms with Crippen molar-refractivity contribution in [3.63, 3.8) is 0 Å². The molecule has 1 amide bonds. The Morgan fingerprint density at radius 2 is 2.07 bits per heavy atom. The van der Waals surface area contributed by atoms with Crippen LogP contribution in [-0.2, 0) is 4.74 Å². The van der Waals surface area contributed by atoms with Crippen LogP contribution in [-0.4, -0.2) is 67.3 Å². The second-order valence-electron chi connectivity index (χ2n) is 8.26. The van der Waals surface area contributed by atoms with E-state index in [4.69, 9.17) is 21.1 Å². The summed E-state index contributed by atoms with van der Waals surface area (Å²) in [6.45, 7) is 9.97. The molecule has 2 rings (SSSR count). The van der Waals surface area contributed by atoms with Gasteiger partial charge in [-0.1, -0.05) is 25.4 Å². The number of carbonyl (C=O) groups is 1. The van der Waals surface area contributed by atoms with Gasteiger partial charge < -0.3 is 19.7 Å². The third-order valence-electron chi connectivity index (χ3n) is 5.52. The molecule has 1 saturated heterocycles. The highest BCUT2D eigenvalue weighted by Crippen LogP contribution is 2.31. The molecule has 29 heavy (non-hydrogen) atoms. The second-order valence-corrected chi connectivity index (χ2v) is 10.2. The minimum absolute atomic E-state index is 0.158. The molecule has 1 unspecified atom stereocenters. The molecule has 0 aromatic heterocycles. The summed E-state index contributed by atoms with van der Waals surface area (Å²) in [6, 6.07) is 5.79. The molecule has 5 nitrogen and oxygen atoms in total. The summed E-state index contributed by atoms with van der Waals surface area (Å²) in [7, 11) is 1.60. The summed E-state index contributed by atoms with van der Waals surface area (Å²) in [5, 5.41) is 3.27. The maximum absolute atomic E-state index is 12.1. The van der Waals surface area contributed by atoms with Crippen LogP contribution in [0.5, 0.6) is 5.75 Å². The summed E-state index contributed by atoms with van der Waals surface area (Å²) in [6.07, 6.45) is 5.50. The van der Waals surface area contributed by atoms with Crippen molar-refractivity contribution in [3.05, 3.63) is 28.8 Å². The third kappa shape index (κ3) is 7.67. The van der Waals surface area contributed by atoms with E-state index in [0.29, 0.717) is 40.3 Å².